The van der Waals surface area contributed by atoms with Crippen molar-refractivity contribution >= 4 is 33.2 Å². The van der Waals surface area contributed by atoms with E-state index in [4.69, 9.17) is 14.9 Å². The lowest BCUT2D eigenvalue weighted by molar-refractivity contribution is 0.356. The van der Waals surface area contributed by atoms with Gasteiger partial charge in [-0.2, -0.15) is 0 Å². The monoisotopic (exact) mass is 422 g/mol. The first-order valence-corrected chi connectivity index (χ1v) is 11.6. The number of nitrogens with two attached hydrogens (primary N) is 1. The van der Waals surface area contributed by atoms with Crippen molar-refractivity contribution in [3.05, 3.63) is 35.0 Å². The Morgan fingerprint density at radius 1 is 1.46 bits per heavy atom. The number of rotatable bonds is 7. The number of primary sulfonamides is 1. The van der Waals surface area contributed by atoms with Gasteiger partial charge in [0.05, 0.1) is 12.4 Å². The molecule has 0 saturated carbocycles. The van der Waals surface area contributed by atoms with Crippen LogP contribution >= 0.6 is 11.8 Å². The minimum atomic E-state index is -3.59. The molecule has 1 aromatic heterocycles. The van der Waals surface area contributed by atoms with Gasteiger partial charge in [-0.1, -0.05) is 23.9 Å². The average molecular weight is 423 g/mol. The van der Waals surface area contributed by atoms with Crippen LogP contribution in [0.3, 0.4) is 0 Å². The van der Waals surface area contributed by atoms with Gasteiger partial charge in [0, 0.05) is 24.9 Å². The largest absolute Gasteiger partial charge is 0.493 e. The highest BCUT2D eigenvalue weighted by molar-refractivity contribution is 7.99. The summed E-state index contributed by atoms with van der Waals surface area (Å²) in [6.45, 7) is 6.93. The van der Waals surface area contributed by atoms with Crippen LogP contribution in [-0.4, -0.2) is 37.4 Å². The number of nitrogens with one attached hydrogen (secondary N) is 1. The van der Waals surface area contributed by atoms with Gasteiger partial charge in [-0.15, -0.1) is 0 Å². The fourth-order valence-electron chi connectivity index (χ4n) is 3.14. The Morgan fingerprint density at radius 2 is 2.21 bits per heavy atom. The van der Waals surface area contributed by atoms with E-state index in [0.717, 1.165) is 39.7 Å². The fourth-order valence-corrected chi connectivity index (χ4v) is 4.59. The molecule has 1 aliphatic rings. The van der Waals surface area contributed by atoms with E-state index in [2.05, 4.69) is 18.3 Å². The maximum Gasteiger partial charge on any atom is 0.210 e. The molecule has 0 atom stereocenters. The van der Waals surface area contributed by atoms with Crippen LogP contribution in [0.4, 0.5) is 5.82 Å². The second kappa shape index (κ2) is 8.18. The van der Waals surface area contributed by atoms with Crippen molar-refractivity contribution in [3.8, 4) is 5.75 Å². The summed E-state index contributed by atoms with van der Waals surface area (Å²) >= 11 is 1.50. The van der Waals surface area contributed by atoms with Crippen LogP contribution in [0.2, 0.25) is 0 Å². The summed E-state index contributed by atoms with van der Waals surface area (Å²) in [4.78, 5) is 5.84. The zero-order valence-electron chi connectivity index (χ0n) is 16.6. The van der Waals surface area contributed by atoms with Gasteiger partial charge in [0.15, 0.2) is 5.16 Å². The molecule has 152 valence electrons. The second-order valence-electron chi connectivity index (χ2n) is 6.76. The van der Waals surface area contributed by atoms with E-state index in [1.807, 2.05) is 30.6 Å². The van der Waals surface area contributed by atoms with Crippen molar-refractivity contribution < 1.29 is 13.2 Å². The standard InChI is InChI=1S/C19H26N4O3S2/c1-5-12(2)17-18(21-4)23(7-9-28(20,24)25)19(22-17)27-16-11-15-14(6-8-26-15)10-13(16)3/h5,10-11,21H,6-9H2,1-4H3,(H2,20,24,25)/b12-5-. The van der Waals surface area contributed by atoms with Gasteiger partial charge in [-0.25, -0.2) is 18.5 Å². The van der Waals surface area contributed by atoms with Crippen LogP contribution in [0, 0.1) is 6.92 Å². The number of fused-ring (bicyclic) bond motifs is 1. The van der Waals surface area contributed by atoms with Gasteiger partial charge in [-0.05, 0) is 43.5 Å². The number of hydrogen-bond acceptors (Lipinski definition) is 6. The number of imidazole rings is 1. The van der Waals surface area contributed by atoms with Crippen LogP contribution in [-0.2, 0) is 23.0 Å². The summed E-state index contributed by atoms with van der Waals surface area (Å²) in [6.07, 6.45) is 2.91. The van der Waals surface area contributed by atoms with Crippen molar-refractivity contribution in [2.24, 2.45) is 5.14 Å². The van der Waals surface area contributed by atoms with Crippen LogP contribution in [0.1, 0.15) is 30.7 Å². The predicted molar refractivity (Wildman–Crippen MR) is 114 cm³/mol. The molecule has 0 spiro atoms. The first-order chi connectivity index (χ1) is 13.2. The van der Waals surface area contributed by atoms with E-state index >= 15 is 0 Å². The normalized spacial score (nSPS) is 14.1. The third kappa shape index (κ3) is 4.37. The summed E-state index contributed by atoms with van der Waals surface area (Å²) < 4.78 is 30.7. The Balaban J connectivity index is 2.05. The van der Waals surface area contributed by atoms with Gasteiger partial charge in [-0.3, -0.25) is 0 Å². The summed E-state index contributed by atoms with van der Waals surface area (Å²) in [5.41, 5.74) is 4.18. The maximum atomic E-state index is 11.5. The van der Waals surface area contributed by atoms with E-state index < -0.39 is 10.0 Å². The number of ether oxygens (including phenoxy) is 1. The van der Waals surface area contributed by atoms with Gasteiger partial charge in [0.2, 0.25) is 10.0 Å². The molecule has 9 heteroatoms. The van der Waals surface area contributed by atoms with E-state index in [-0.39, 0.29) is 12.3 Å². The molecule has 0 fully saturated rings. The molecule has 0 saturated heterocycles. The zero-order chi connectivity index (χ0) is 20.5. The Hall–Kier alpha value is -1.97. The average Bonchev–Trinajstić information content (AvgIpc) is 3.22. The van der Waals surface area contributed by atoms with Gasteiger partial charge >= 0.3 is 0 Å². The Kier molecular flexibility index (Phi) is 6.07. The first kappa shape index (κ1) is 20.8. The SMILES string of the molecule is C/C=C(/C)c1nc(Sc2cc3c(cc2C)CCO3)n(CCS(N)(=O)=O)c1NC. The highest BCUT2D eigenvalue weighted by Crippen LogP contribution is 2.39. The molecule has 0 radical (unpaired) electrons. The highest BCUT2D eigenvalue weighted by Gasteiger charge is 2.21. The van der Waals surface area contributed by atoms with Gasteiger partial charge in [0.1, 0.15) is 17.3 Å². The number of aryl methyl sites for hydroxylation is 1. The molecular formula is C19H26N4O3S2. The van der Waals surface area contributed by atoms with Crippen molar-refractivity contribution in [1.82, 2.24) is 9.55 Å². The highest BCUT2D eigenvalue weighted by atomic mass is 32.2. The van der Waals surface area contributed by atoms with Gasteiger partial charge < -0.3 is 14.6 Å². The second-order valence-corrected chi connectivity index (χ2v) is 9.50. The quantitative estimate of drug-likeness (QED) is 0.712. The topological polar surface area (TPSA) is 99.2 Å². The molecule has 3 rings (SSSR count). The van der Waals surface area contributed by atoms with Crippen LogP contribution < -0.4 is 15.2 Å². The smallest absolute Gasteiger partial charge is 0.210 e. The molecule has 1 aliphatic heterocycles. The summed E-state index contributed by atoms with van der Waals surface area (Å²) in [7, 11) is -1.78. The summed E-state index contributed by atoms with van der Waals surface area (Å²) in [6, 6.07) is 4.20. The lowest BCUT2D eigenvalue weighted by Crippen LogP contribution is -2.21. The number of anilines is 1. The number of benzene rings is 1. The Bertz CT molecular complexity index is 1030. The maximum absolute atomic E-state index is 11.5. The third-order valence-corrected chi connectivity index (χ3v) is 6.67. The minimum Gasteiger partial charge on any atom is -0.493 e. The third-order valence-electron chi connectivity index (χ3n) is 4.76. The summed E-state index contributed by atoms with van der Waals surface area (Å²) in [5, 5.41) is 9.12. The molecule has 3 N–H and O–H groups in total. The first-order valence-electron chi connectivity index (χ1n) is 9.09. The summed E-state index contributed by atoms with van der Waals surface area (Å²) in [5.74, 6) is 1.53. The van der Waals surface area contributed by atoms with Crippen molar-refractivity contribution in [3.63, 3.8) is 0 Å². The molecule has 0 unspecified atom stereocenters. The van der Waals surface area contributed by atoms with Crippen molar-refractivity contribution in [2.75, 3.05) is 24.7 Å². The number of nitrogens with zero attached hydrogens (tertiary/aromatic N) is 2. The van der Waals surface area contributed by atoms with Crippen molar-refractivity contribution in [1.29, 1.82) is 0 Å². The number of aromatic nitrogens is 2. The van der Waals surface area contributed by atoms with Gasteiger partial charge in [0.25, 0.3) is 0 Å². The van der Waals surface area contributed by atoms with Crippen LogP contribution in [0.5, 0.6) is 5.75 Å². The molecule has 2 heterocycles. The number of sulfonamides is 1. The number of hydrogen-bond donors (Lipinski definition) is 2. The number of allylic oxidation sites excluding steroid dienone is 2. The molecule has 0 bridgehead atoms. The molecule has 0 aliphatic carbocycles. The lowest BCUT2D eigenvalue weighted by atomic mass is 10.1. The minimum absolute atomic E-state index is 0.161. The molecule has 28 heavy (non-hydrogen) atoms. The fraction of sp³-hybridized carbons (Fsp3) is 0.421. The molecule has 2 aromatic rings. The Labute approximate surface area is 170 Å². The molecule has 0 amide bonds. The van der Waals surface area contributed by atoms with E-state index in [1.165, 1.54) is 17.3 Å². The zero-order valence-corrected chi connectivity index (χ0v) is 18.2. The van der Waals surface area contributed by atoms with Crippen LogP contribution in [0.15, 0.2) is 28.3 Å². The van der Waals surface area contributed by atoms with E-state index in [9.17, 15) is 8.42 Å². The molecular weight excluding hydrogens is 396 g/mol. The Morgan fingerprint density at radius 3 is 2.86 bits per heavy atom. The van der Waals surface area contributed by atoms with Crippen LogP contribution in [0.25, 0.3) is 5.57 Å². The molecule has 7 nitrogen and oxygen atoms in total. The van der Waals surface area contributed by atoms with E-state index in [1.54, 1.807) is 7.05 Å². The van der Waals surface area contributed by atoms with E-state index in [0.29, 0.717) is 11.8 Å². The van der Waals surface area contributed by atoms with Crippen molar-refractivity contribution in [2.45, 2.75) is 43.8 Å². The molecule has 1 aromatic carbocycles. The lowest BCUT2D eigenvalue weighted by Gasteiger charge is -2.13. The predicted octanol–water partition coefficient (Wildman–Crippen LogP) is 3.03.